The number of benzene rings is 2. The number of nitrogens with one attached hydrogen (secondary N) is 1. The molecule has 1 aliphatic rings. The van der Waals surface area contributed by atoms with Crippen LogP contribution in [0.4, 0.5) is 4.39 Å². The van der Waals surface area contributed by atoms with Crippen molar-refractivity contribution < 1.29 is 28.2 Å². The van der Waals surface area contributed by atoms with E-state index in [0.29, 0.717) is 42.3 Å². The Morgan fingerprint density at radius 1 is 1.07 bits per heavy atom. The Balaban J connectivity index is 1.38. The first-order valence-corrected chi connectivity index (χ1v) is 8.66. The number of ether oxygens (including phenoxy) is 3. The molecule has 0 radical (unpaired) electrons. The predicted octanol–water partition coefficient (Wildman–Crippen LogP) is 2.04. The molecule has 0 bridgehead atoms. The standard InChI is InChI=1S/C20H20FNO5/c21-16-4-2-1-3-15(16)7-8-22-19(23)13-27-20(24)12-14-5-6-17-18(11-14)26-10-9-25-17/h1-6,11H,7-10,12-13H2,(H,22,23). The SMILES string of the molecule is O=C(COC(=O)Cc1ccc2c(c1)OCCO2)NCCc1ccccc1F. The predicted molar refractivity (Wildman–Crippen MR) is 95.2 cm³/mol. The van der Waals surface area contributed by atoms with Gasteiger partial charge in [-0.25, -0.2) is 4.39 Å². The van der Waals surface area contributed by atoms with Gasteiger partial charge in [-0.1, -0.05) is 24.3 Å². The van der Waals surface area contributed by atoms with Crippen LogP contribution >= 0.6 is 0 Å². The van der Waals surface area contributed by atoms with Crippen molar-refractivity contribution in [3.05, 3.63) is 59.4 Å². The van der Waals surface area contributed by atoms with Gasteiger partial charge in [0.2, 0.25) is 0 Å². The van der Waals surface area contributed by atoms with E-state index in [2.05, 4.69) is 5.32 Å². The van der Waals surface area contributed by atoms with E-state index in [9.17, 15) is 14.0 Å². The highest BCUT2D eigenvalue weighted by Gasteiger charge is 2.14. The maximum absolute atomic E-state index is 13.5. The largest absolute Gasteiger partial charge is 0.486 e. The summed E-state index contributed by atoms with van der Waals surface area (Å²) in [6.45, 7) is 0.856. The van der Waals surface area contributed by atoms with Gasteiger partial charge >= 0.3 is 5.97 Å². The van der Waals surface area contributed by atoms with Crippen LogP contribution in [0.25, 0.3) is 0 Å². The second-order valence-electron chi connectivity index (χ2n) is 6.01. The van der Waals surface area contributed by atoms with Crippen LogP contribution in [-0.2, 0) is 27.2 Å². The average Bonchev–Trinajstić information content (AvgIpc) is 2.68. The third-order valence-electron chi connectivity index (χ3n) is 3.99. The van der Waals surface area contributed by atoms with Gasteiger partial charge in [0.05, 0.1) is 6.42 Å². The van der Waals surface area contributed by atoms with Crippen LogP contribution in [0, 0.1) is 5.82 Å². The zero-order valence-corrected chi connectivity index (χ0v) is 14.7. The Morgan fingerprint density at radius 2 is 1.85 bits per heavy atom. The van der Waals surface area contributed by atoms with Crippen LogP contribution in [0.5, 0.6) is 11.5 Å². The Labute approximate surface area is 156 Å². The van der Waals surface area contributed by atoms with Gasteiger partial charge in [0, 0.05) is 6.54 Å². The van der Waals surface area contributed by atoms with Gasteiger partial charge in [0.25, 0.3) is 5.91 Å². The first-order valence-electron chi connectivity index (χ1n) is 8.66. The van der Waals surface area contributed by atoms with Crippen LogP contribution in [-0.4, -0.2) is 38.2 Å². The summed E-state index contributed by atoms with van der Waals surface area (Å²) < 4.78 is 29.3. The summed E-state index contributed by atoms with van der Waals surface area (Å²) in [5.41, 5.74) is 1.23. The third-order valence-corrected chi connectivity index (χ3v) is 3.99. The van der Waals surface area contributed by atoms with Crippen LogP contribution in [0.1, 0.15) is 11.1 Å². The number of halogens is 1. The molecule has 3 rings (SSSR count). The second-order valence-corrected chi connectivity index (χ2v) is 6.01. The summed E-state index contributed by atoms with van der Waals surface area (Å²) in [4.78, 5) is 23.6. The van der Waals surface area contributed by atoms with E-state index in [4.69, 9.17) is 14.2 Å². The second kappa shape index (κ2) is 9.02. The van der Waals surface area contributed by atoms with Crippen molar-refractivity contribution >= 4 is 11.9 Å². The maximum Gasteiger partial charge on any atom is 0.310 e. The molecule has 142 valence electrons. The molecule has 1 N–H and O–H groups in total. The molecule has 0 atom stereocenters. The van der Waals surface area contributed by atoms with Gasteiger partial charge in [0.15, 0.2) is 18.1 Å². The van der Waals surface area contributed by atoms with E-state index < -0.39 is 11.9 Å². The smallest absolute Gasteiger partial charge is 0.310 e. The van der Waals surface area contributed by atoms with Gasteiger partial charge in [-0.05, 0) is 35.7 Å². The first kappa shape index (κ1) is 18.7. The Kier molecular flexibility index (Phi) is 6.25. The zero-order chi connectivity index (χ0) is 19.1. The molecule has 6 nitrogen and oxygen atoms in total. The lowest BCUT2D eigenvalue weighted by Crippen LogP contribution is -2.30. The number of esters is 1. The number of carbonyl (C=O) groups excluding carboxylic acids is 2. The molecule has 0 unspecified atom stereocenters. The molecule has 1 heterocycles. The molecule has 0 fully saturated rings. The van der Waals surface area contributed by atoms with E-state index in [0.717, 1.165) is 0 Å². The van der Waals surface area contributed by atoms with Crippen molar-refractivity contribution in [3.63, 3.8) is 0 Å². The highest BCUT2D eigenvalue weighted by Crippen LogP contribution is 2.30. The minimum Gasteiger partial charge on any atom is -0.486 e. The number of amides is 1. The topological polar surface area (TPSA) is 73.9 Å². The Hall–Kier alpha value is -3.09. The molecule has 0 aromatic heterocycles. The summed E-state index contributed by atoms with van der Waals surface area (Å²) in [5.74, 6) is -0.0135. The molecule has 1 amide bonds. The van der Waals surface area contributed by atoms with Crippen molar-refractivity contribution in [2.45, 2.75) is 12.8 Å². The molecule has 0 saturated carbocycles. The van der Waals surface area contributed by atoms with Crippen molar-refractivity contribution in [1.29, 1.82) is 0 Å². The minimum atomic E-state index is -0.518. The molecule has 2 aromatic carbocycles. The number of hydrogen-bond donors (Lipinski definition) is 1. The summed E-state index contributed by atoms with van der Waals surface area (Å²) in [7, 11) is 0. The molecular weight excluding hydrogens is 353 g/mol. The van der Waals surface area contributed by atoms with Crippen molar-refractivity contribution in [2.75, 3.05) is 26.4 Å². The van der Waals surface area contributed by atoms with E-state index in [1.807, 2.05) is 0 Å². The Morgan fingerprint density at radius 3 is 2.67 bits per heavy atom. The molecule has 7 heteroatoms. The first-order chi connectivity index (χ1) is 13.1. The number of carbonyl (C=O) groups is 2. The molecule has 1 aliphatic heterocycles. The fourth-order valence-electron chi connectivity index (χ4n) is 2.65. The molecule has 0 saturated heterocycles. The van der Waals surface area contributed by atoms with Crippen LogP contribution in [0.3, 0.4) is 0 Å². The van der Waals surface area contributed by atoms with Gasteiger partial charge in [-0.2, -0.15) is 0 Å². The van der Waals surface area contributed by atoms with E-state index >= 15 is 0 Å². The summed E-state index contributed by atoms with van der Waals surface area (Å²) in [5, 5.41) is 2.60. The Bertz CT molecular complexity index is 824. The third kappa shape index (κ3) is 5.44. The van der Waals surface area contributed by atoms with Crippen molar-refractivity contribution in [2.24, 2.45) is 0 Å². The lowest BCUT2D eigenvalue weighted by Gasteiger charge is -2.18. The summed E-state index contributed by atoms with van der Waals surface area (Å²) >= 11 is 0. The lowest BCUT2D eigenvalue weighted by molar-refractivity contribution is -0.147. The average molecular weight is 373 g/mol. The van der Waals surface area contributed by atoms with Crippen molar-refractivity contribution in [3.8, 4) is 11.5 Å². The molecular formula is C20H20FNO5. The summed E-state index contributed by atoms with van der Waals surface area (Å²) in [6.07, 6.45) is 0.392. The number of rotatable bonds is 7. The van der Waals surface area contributed by atoms with Gasteiger partial charge in [-0.15, -0.1) is 0 Å². The van der Waals surface area contributed by atoms with Gasteiger partial charge in [0.1, 0.15) is 19.0 Å². The molecule has 0 spiro atoms. The fourth-order valence-corrected chi connectivity index (χ4v) is 2.65. The van der Waals surface area contributed by atoms with Gasteiger partial charge < -0.3 is 19.5 Å². The molecule has 0 aliphatic carbocycles. The van der Waals surface area contributed by atoms with E-state index in [1.54, 1.807) is 36.4 Å². The maximum atomic E-state index is 13.5. The number of hydrogen-bond acceptors (Lipinski definition) is 5. The summed E-state index contributed by atoms with van der Waals surface area (Å²) in [6, 6.07) is 11.6. The molecule has 2 aromatic rings. The van der Waals surface area contributed by atoms with Crippen LogP contribution in [0.2, 0.25) is 0 Å². The molecule has 27 heavy (non-hydrogen) atoms. The monoisotopic (exact) mass is 373 g/mol. The highest BCUT2D eigenvalue weighted by molar-refractivity contribution is 5.81. The van der Waals surface area contributed by atoms with E-state index in [-0.39, 0.29) is 25.4 Å². The quantitative estimate of drug-likeness (QED) is 0.752. The fraction of sp³-hybridized carbons (Fsp3) is 0.300. The zero-order valence-electron chi connectivity index (χ0n) is 14.7. The highest BCUT2D eigenvalue weighted by atomic mass is 19.1. The van der Waals surface area contributed by atoms with E-state index in [1.165, 1.54) is 6.07 Å². The van der Waals surface area contributed by atoms with Gasteiger partial charge in [-0.3, -0.25) is 9.59 Å². The van der Waals surface area contributed by atoms with Crippen LogP contribution in [0.15, 0.2) is 42.5 Å². The minimum absolute atomic E-state index is 0.0269. The van der Waals surface area contributed by atoms with Crippen LogP contribution < -0.4 is 14.8 Å². The lowest BCUT2D eigenvalue weighted by atomic mass is 10.1. The number of fused-ring (bicyclic) bond motifs is 1. The van der Waals surface area contributed by atoms with Crippen molar-refractivity contribution in [1.82, 2.24) is 5.32 Å². The normalized spacial score (nSPS) is 12.3.